The maximum absolute atomic E-state index is 5.15. The second-order valence-electron chi connectivity index (χ2n) is 3.29. The van der Waals surface area contributed by atoms with Crippen LogP contribution in [0.25, 0.3) is 11.7 Å². The van der Waals surface area contributed by atoms with Gasteiger partial charge >= 0.3 is 0 Å². The standard InChI is InChI=1S/C9H9N3O2/c1-2-7(13-3-1)9-11-8(12-14-9)6-4-10-5-6/h1-3,6,10H,4-5H2. The normalized spacial score (nSPS) is 16.9. The highest BCUT2D eigenvalue weighted by Crippen LogP contribution is 2.22. The van der Waals surface area contributed by atoms with Crippen LogP contribution in [0.5, 0.6) is 0 Å². The van der Waals surface area contributed by atoms with Crippen LogP contribution in [0.4, 0.5) is 0 Å². The molecule has 3 heterocycles. The first-order valence-electron chi connectivity index (χ1n) is 4.51. The van der Waals surface area contributed by atoms with Crippen LogP contribution in [-0.2, 0) is 0 Å². The lowest BCUT2D eigenvalue weighted by atomic mass is 10.0. The number of hydrogen-bond acceptors (Lipinski definition) is 5. The maximum Gasteiger partial charge on any atom is 0.293 e. The van der Waals surface area contributed by atoms with Gasteiger partial charge in [0, 0.05) is 19.0 Å². The first kappa shape index (κ1) is 7.75. The Labute approximate surface area is 80.1 Å². The molecule has 0 aromatic carbocycles. The van der Waals surface area contributed by atoms with E-state index >= 15 is 0 Å². The molecule has 1 aliphatic heterocycles. The van der Waals surface area contributed by atoms with Crippen molar-refractivity contribution in [3.05, 3.63) is 24.2 Å². The molecule has 0 unspecified atom stereocenters. The summed E-state index contributed by atoms with van der Waals surface area (Å²) in [5.41, 5.74) is 0. The van der Waals surface area contributed by atoms with Crippen molar-refractivity contribution in [3.63, 3.8) is 0 Å². The fraction of sp³-hybridized carbons (Fsp3) is 0.333. The molecule has 2 aromatic heterocycles. The monoisotopic (exact) mass is 191 g/mol. The average molecular weight is 191 g/mol. The molecule has 1 aliphatic rings. The minimum Gasteiger partial charge on any atom is -0.459 e. The molecule has 0 saturated carbocycles. The summed E-state index contributed by atoms with van der Waals surface area (Å²) in [6, 6.07) is 3.60. The highest BCUT2D eigenvalue weighted by molar-refractivity contribution is 5.43. The van der Waals surface area contributed by atoms with Gasteiger partial charge in [-0.3, -0.25) is 0 Å². The molecular formula is C9H9N3O2. The van der Waals surface area contributed by atoms with E-state index in [0.29, 0.717) is 17.6 Å². The summed E-state index contributed by atoms with van der Waals surface area (Å²) >= 11 is 0. The van der Waals surface area contributed by atoms with Gasteiger partial charge in [0.15, 0.2) is 11.6 Å². The van der Waals surface area contributed by atoms with Crippen molar-refractivity contribution in [1.29, 1.82) is 0 Å². The van der Waals surface area contributed by atoms with E-state index in [9.17, 15) is 0 Å². The summed E-state index contributed by atoms with van der Waals surface area (Å²) in [5, 5.41) is 7.07. The first-order valence-corrected chi connectivity index (χ1v) is 4.51. The van der Waals surface area contributed by atoms with Gasteiger partial charge in [0.05, 0.1) is 6.26 Å². The molecule has 0 radical (unpaired) electrons. The second-order valence-corrected chi connectivity index (χ2v) is 3.29. The van der Waals surface area contributed by atoms with Crippen LogP contribution in [0, 0.1) is 0 Å². The van der Waals surface area contributed by atoms with Crippen molar-refractivity contribution >= 4 is 0 Å². The molecule has 5 nitrogen and oxygen atoms in total. The molecule has 2 aromatic rings. The average Bonchev–Trinajstić information content (AvgIpc) is 2.65. The van der Waals surface area contributed by atoms with E-state index in [1.54, 1.807) is 18.4 Å². The zero-order valence-electron chi connectivity index (χ0n) is 7.43. The lowest BCUT2D eigenvalue weighted by Crippen LogP contribution is -2.40. The number of nitrogens with one attached hydrogen (secondary N) is 1. The van der Waals surface area contributed by atoms with Gasteiger partial charge in [-0.1, -0.05) is 5.16 Å². The summed E-state index contributed by atoms with van der Waals surface area (Å²) in [4.78, 5) is 4.26. The molecule has 0 atom stereocenters. The number of rotatable bonds is 2. The Balaban J connectivity index is 1.90. The second kappa shape index (κ2) is 2.95. The highest BCUT2D eigenvalue weighted by atomic mass is 16.5. The van der Waals surface area contributed by atoms with Gasteiger partial charge in [-0.15, -0.1) is 0 Å². The number of nitrogens with zero attached hydrogens (tertiary/aromatic N) is 2. The molecule has 0 aliphatic carbocycles. The van der Waals surface area contributed by atoms with E-state index in [-0.39, 0.29) is 0 Å². The first-order chi connectivity index (χ1) is 6.93. The Bertz CT molecular complexity index is 417. The molecule has 1 N–H and O–H groups in total. The zero-order chi connectivity index (χ0) is 9.38. The number of hydrogen-bond donors (Lipinski definition) is 1. The Morgan fingerprint density at radius 1 is 1.43 bits per heavy atom. The van der Waals surface area contributed by atoms with E-state index in [0.717, 1.165) is 18.9 Å². The molecule has 14 heavy (non-hydrogen) atoms. The van der Waals surface area contributed by atoms with Crippen molar-refractivity contribution in [1.82, 2.24) is 15.5 Å². The molecule has 0 spiro atoms. The largest absolute Gasteiger partial charge is 0.459 e. The zero-order valence-corrected chi connectivity index (χ0v) is 7.43. The van der Waals surface area contributed by atoms with Crippen molar-refractivity contribution in [2.24, 2.45) is 0 Å². The van der Waals surface area contributed by atoms with Gasteiger partial charge in [0.25, 0.3) is 5.89 Å². The SMILES string of the molecule is c1coc(-c2nc(C3CNC3)no2)c1. The van der Waals surface area contributed by atoms with Gasteiger partial charge < -0.3 is 14.3 Å². The van der Waals surface area contributed by atoms with Crippen LogP contribution >= 0.6 is 0 Å². The molecule has 72 valence electrons. The third-order valence-electron chi connectivity index (χ3n) is 2.32. The predicted octanol–water partition coefficient (Wildman–Crippen LogP) is 1.02. The van der Waals surface area contributed by atoms with Crippen molar-refractivity contribution < 1.29 is 8.94 Å². The minimum atomic E-state index is 0.391. The van der Waals surface area contributed by atoms with Gasteiger partial charge in [-0.05, 0) is 12.1 Å². The summed E-state index contributed by atoms with van der Waals surface area (Å²) in [7, 11) is 0. The molecule has 0 amide bonds. The van der Waals surface area contributed by atoms with Crippen LogP contribution in [0.3, 0.4) is 0 Å². The van der Waals surface area contributed by atoms with E-state index in [1.807, 2.05) is 0 Å². The summed E-state index contributed by atoms with van der Waals surface area (Å²) in [6.07, 6.45) is 1.59. The third kappa shape index (κ3) is 1.13. The topological polar surface area (TPSA) is 64.1 Å². The fourth-order valence-electron chi connectivity index (χ4n) is 1.37. The smallest absolute Gasteiger partial charge is 0.293 e. The summed E-state index contributed by atoms with van der Waals surface area (Å²) in [6.45, 7) is 1.86. The summed E-state index contributed by atoms with van der Waals surface area (Å²) in [5.74, 6) is 2.23. The maximum atomic E-state index is 5.15. The Morgan fingerprint density at radius 2 is 2.36 bits per heavy atom. The number of aromatic nitrogens is 2. The lowest BCUT2D eigenvalue weighted by Gasteiger charge is -2.23. The van der Waals surface area contributed by atoms with Crippen molar-refractivity contribution in [2.45, 2.75) is 5.92 Å². The van der Waals surface area contributed by atoms with Crippen LogP contribution in [0.15, 0.2) is 27.3 Å². The van der Waals surface area contributed by atoms with Gasteiger partial charge in [-0.25, -0.2) is 0 Å². The highest BCUT2D eigenvalue weighted by Gasteiger charge is 2.24. The van der Waals surface area contributed by atoms with Gasteiger partial charge in [0.2, 0.25) is 0 Å². The molecule has 1 saturated heterocycles. The third-order valence-corrected chi connectivity index (χ3v) is 2.32. The van der Waals surface area contributed by atoms with Crippen LogP contribution in [-0.4, -0.2) is 23.2 Å². The quantitative estimate of drug-likeness (QED) is 0.767. The predicted molar refractivity (Wildman–Crippen MR) is 47.6 cm³/mol. The van der Waals surface area contributed by atoms with E-state index in [2.05, 4.69) is 15.5 Å². The van der Waals surface area contributed by atoms with Crippen molar-refractivity contribution in [2.75, 3.05) is 13.1 Å². The van der Waals surface area contributed by atoms with Crippen LogP contribution < -0.4 is 5.32 Å². The minimum absolute atomic E-state index is 0.391. The Hall–Kier alpha value is -1.62. The van der Waals surface area contributed by atoms with Crippen molar-refractivity contribution in [3.8, 4) is 11.7 Å². The molecular weight excluding hydrogens is 182 g/mol. The molecule has 0 bridgehead atoms. The molecule has 5 heteroatoms. The summed E-state index contributed by atoms with van der Waals surface area (Å²) < 4.78 is 10.2. The Morgan fingerprint density at radius 3 is 3.00 bits per heavy atom. The fourth-order valence-corrected chi connectivity index (χ4v) is 1.37. The molecule has 1 fully saturated rings. The van der Waals surface area contributed by atoms with Gasteiger partial charge in [0.1, 0.15) is 0 Å². The van der Waals surface area contributed by atoms with Gasteiger partial charge in [-0.2, -0.15) is 4.98 Å². The number of furan rings is 1. The van der Waals surface area contributed by atoms with E-state index in [1.165, 1.54) is 0 Å². The van der Waals surface area contributed by atoms with E-state index in [4.69, 9.17) is 8.94 Å². The van der Waals surface area contributed by atoms with Crippen LogP contribution in [0.2, 0.25) is 0 Å². The Kier molecular flexibility index (Phi) is 1.63. The molecule has 3 rings (SSSR count). The lowest BCUT2D eigenvalue weighted by molar-refractivity contribution is 0.377. The van der Waals surface area contributed by atoms with Crippen LogP contribution in [0.1, 0.15) is 11.7 Å². The van der Waals surface area contributed by atoms with E-state index < -0.39 is 0 Å².